The third kappa shape index (κ3) is 4.67. The van der Waals surface area contributed by atoms with E-state index in [4.69, 9.17) is 11.6 Å². The summed E-state index contributed by atoms with van der Waals surface area (Å²) in [7, 11) is 0. The normalized spacial score (nSPS) is 10.8. The first kappa shape index (κ1) is 19.4. The Morgan fingerprint density at radius 2 is 2.07 bits per heavy atom. The number of aryl methyl sites for hydroxylation is 1. The van der Waals surface area contributed by atoms with E-state index >= 15 is 0 Å². The number of amides is 1. The summed E-state index contributed by atoms with van der Waals surface area (Å²) in [6.45, 7) is 4.69. The van der Waals surface area contributed by atoms with Gasteiger partial charge in [-0.1, -0.05) is 47.1 Å². The molecule has 3 rings (SSSR count). The molecule has 0 saturated heterocycles. The number of nitrogens with zero attached hydrogens (tertiary/aromatic N) is 3. The van der Waals surface area contributed by atoms with Crippen molar-refractivity contribution in [1.82, 2.24) is 14.8 Å². The van der Waals surface area contributed by atoms with Crippen molar-refractivity contribution in [3.63, 3.8) is 0 Å². The molecular formula is C19H18ClFN4OS. The van der Waals surface area contributed by atoms with Crippen molar-refractivity contribution in [1.29, 1.82) is 0 Å². The maximum absolute atomic E-state index is 13.8. The number of rotatable bonds is 6. The molecule has 0 aliphatic carbocycles. The lowest BCUT2D eigenvalue weighted by molar-refractivity contribution is -0.113. The Morgan fingerprint density at radius 3 is 2.78 bits per heavy atom. The number of anilines is 1. The van der Waals surface area contributed by atoms with E-state index in [1.165, 1.54) is 23.9 Å². The van der Waals surface area contributed by atoms with Gasteiger partial charge in [0.25, 0.3) is 0 Å². The van der Waals surface area contributed by atoms with Crippen molar-refractivity contribution in [2.75, 3.05) is 11.1 Å². The fourth-order valence-electron chi connectivity index (χ4n) is 2.59. The molecule has 140 valence electrons. The second kappa shape index (κ2) is 8.54. The predicted octanol–water partition coefficient (Wildman–Crippen LogP) is 4.80. The molecule has 3 aromatic rings. The first-order valence-electron chi connectivity index (χ1n) is 8.36. The molecule has 0 unspecified atom stereocenters. The molecule has 0 aliphatic heterocycles. The van der Waals surface area contributed by atoms with Gasteiger partial charge in [0.1, 0.15) is 5.82 Å². The van der Waals surface area contributed by atoms with Crippen molar-refractivity contribution < 1.29 is 9.18 Å². The zero-order chi connectivity index (χ0) is 19.4. The summed E-state index contributed by atoms with van der Waals surface area (Å²) in [6.07, 6.45) is 0. The van der Waals surface area contributed by atoms with Gasteiger partial charge in [0, 0.05) is 17.1 Å². The average molecular weight is 405 g/mol. The van der Waals surface area contributed by atoms with Gasteiger partial charge < -0.3 is 9.88 Å². The van der Waals surface area contributed by atoms with Crippen LogP contribution in [-0.4, -0.2) is 26.4 Å². The van der Waals surface area contributed by atoms with E-state index in [1.807, 2.05) is 42.7 Å². The van der Waals surface area contributed by atoms with Crippen molar-refractivity contribution in [2.24, 2.45) is 0 Å². The maximum Gasteiger partial charge on any atom is 0.234 e. The molecule has 0 atom stereocenters. The third-order valence-corrected chi connectivity index (χ3v) is 5.05. The quantitative estimate of drug-likeness (QED) is 0.599. The van der Waals surface area contributed by atoms with Gasteiger partial charge in [-0.15, -0.1) is 10.2 Å². The van der Waals surface area contributed by atoms with Crippen molar-refractivity contribution >= 4 is 35.0 Å². The Morgan fingerprint density at radius 1 is 1.26 bits per heavy atom. The largest absolute Gasteiger partial charge is 0.323 e. The summed E-state index contributed by atoms with van der Waals surface area (Å²) >= 11 is 6.97. The van der Waals surface area contributed by atoms with Crippen LogP contribution in [0.3, 0.4) is 0 Å². The molecule has 1 heterocycles. The number of benzene rings is 2. The predicted molar refractivity (Wildman–Crippen MR) is 107 cm³/mol. The molecule has 0 spiro atoms. The monoisotopic (exact) mass is 404 g/mol. The molecule has 27 heavy (non-hydrogen) atoms. The van der Waals surface area contributed by atoms with Crippen LogP contribution in [-0.2, 0) is 11.3 Å². The molecule has 5 nitrogen and oxygen atoms in total. The van der Waals surface area contributed by atoms with Crippen LogP contribution in [0.5, 0.6) is 0 Å². The summed E-state index contributed by atoms with van der Waals surface area (Å²) in [6, 6.07) is 12.1. The molecule has 0 radical (unpaired) electrons. The minimum absolute atomic E-state index is 0.0913. The highest BCUT2D eigenvalue weighted by Crippen LogP contribution is 2.25. The number of nitrogens with one attached hydrogen (secondary N) is 1. The number of carbonyl (C=O) groups excluding carboxylic acids is 1. The topological polar surface area (TPSA) is 59.8 Å². The van der Waals surface area contributed by atoms with Gasteiger partial charge in [-0.3, -0.25) is 4.79 Å². The van der Waals surface area contributed by atoms with Gasteiger partial charge in [-0.25, -0.2) is 4.39 Å². The van der Waals surface area contributed by atoms with Gasteiger partial charge in [0.15, 0.2) is 11.0 Å². The van der Waals surface area contributed by atoms with Crippen LogP contribution in [0.1, 0.15) is 12.5 Å². The molecule has 0 fully saturated rings. The summed E-state index contributed by atoms with van der Waals surface area (Å²) in [5, 5.41) is 11.9. The third-order valence-electron chi connectivity index (χ3n) is 3.85. The summed E-state index contributed by atoms with van der Waals surface area (Å²) in [5.41, 5.74) is 2.21. The van der Waals surface area contributed by atoms with Crippen molar-refractivity contribution in [2.45, 2.75) is 25.5 Å². The van der Waals surface area contributed by atoms with Gasteiger partial charge in [0.2, 0.25) is 5.91 Å². The number of thioether (sulfide) groups is 1. The Labute approximate surface area is 166 Å². The SMILES string of the molecule is CCn1c(SCC(=O)Nc2ccc(Cl)cc2F)nnc1-c1cccc(C)c1. The fraction of sp³-hybridized carbons (Fsp3) is 0.211. The first-order chi connectivity index (χ1) is 13.0. The van der Waals surface area contributed by atoms with Crippen LogP contribution in [0.2, 0.25) is 5.02 Å². The highest BCUT2D eigenvalue weighted by molar-refractivity contribution is 7.99. The van der Waals surface area contributed by atoms with E-state index in [1.54, 1.807) is 0 Å². The minimum Gasteiger partial charge on any atom is -0.323 e. The molecule has 8 heteroatoms. The van der Waals surface area contributed by atoms with E-state index < -0.39 is 5.82 Å². The Bertz CT molecular complexity index is 976. The molecule has 0 saturated carbocycles. The van der Waals surface area contributed by atoms with Gasteiger partial charge in [-0.2, -0.15) is 0 Å². The zero-order valence-corrected chi connectivity index (χ0v) is 16.4. The van der Waals surface area contributed by atoms with Crippen LogP contribution in [0.25, 0.3) is 11.4 Å². The molecule has 1 N–H and O–H groups in total. The van der Waals surface area contributed by atoms with Gasteiger partial charge >= 0.3 is 0 Å². The van der Waals surface area contributed by atoms with Crippen LogP contribution >= 0.6 is 23.4 Å². The van der Waals surface area contributed by atoms with Crippen LogP contribution in [0, 0.1) is 12.7 Å². The first-order valence-corrected chi connectivity index (χ1v) is 9.72. The standard InChI is InChI=1S/C19H18ClFN4OS/c1-3-25-18(13-6-4-5-12(2)9-13)23-24-19(25)27-11-17(26)22-16-8-7-14(20)10-15(16)21/h4-10H,3,11H2,1-2H3,(H,22,26). The van der Waals surface area contributed by atoms with E-state index in [-0.39, 0.29) is 22.4 Å². The lowest BCUT2D eigenvalue weighted by Crippen LogP contribution is -2.15. The van der Waals surface area contributed by atoms with Crippen LogP contribution in [0.15, 0.2) is 47.6 Å². The van der Waals surface area contributed by atoms with Gasteiger partial charge in [0.05, 0.1) is 11.4 Å². The number of hydrogen-bond acceptors (Lipinski definition) is 4. The number of carbonyl (C=O) groups is 1. The van der Waals surface area contributed by atoms with E-state index in [0.717, 1.165) is 23.0 Å². The number of halogens is 2. The number of hydrogen-bond donors (Lipinski definition) is 1. The highest BCUT2D eigenvalue weighted by atomic mass is 35.5. The molecule has 2 aromatic carbocycles. The second-order valence-corrected chi connectivity index (χ2v) is 7.26. The molecule has 1 amide bonds. The number of aromatic nitrogens is 3. The molecular weight excluding hydrogens is 387 g/mol. The summed E-state index contributed by atoms with van der Waals surface area (Å²) in [4.78, 5) is 12.2. The lowest BCUT2D eigenvalue weighted by Gasteiger charge is -2.09. The van der Waals surface area contributed by atoms with Crippen LogP contribution < -0.4 is 5.32 Å². The Hall–Kier alpha value is -2.38. The zero-order valence-electron chi connectivity index (χ0n) is 14.9. The van der Waals surface area contributed by atoms with Crippen LogP contribution in [0.4, 0.5) is 10.1 Å². The average Bonchev–Trinajstić information content (AvgIpc) is 3.05. The molecule has 0 bridgehead atoms. The Balaban J connectivity index is 1.70. The minimum atomic E-state index is -0.570. The fourth-order valence-corrected chi connectivity index (χ4v) is 3.55. The van der Waals surface area contributed by atoms with Gasteiger partial charge in [-0.05, 0) is 38.1 Å². The van der Waals surface area contributed by atoms with E-state index in [0.29, 0.717) is 11.7 Å². The lowest BCUT2D eigenvalue weighted by atomic mass is 10.1. The van der Waals surface area contributed by atoms with Crippen molar-refractivity contribution in [3.05, 3.63) is 58.9 Å². The maximum atomic E-state index is 13.8. The van der Waals surface area contributed by atoms with E-state index in [2.05, 4.69) is 15.5 Å². The molecule has 0 aliphatic rings. The second-order valence-electron chi connectivity index (χ2n) is 5.88. The molecule has 1 aromatic heterocycles. The highest BCUT2D eigenvalue weighted by Gasteiger charge is 2.15. The summed E-state index contributed by atoms with van der Waals surface area (Å²) < 4.78 is 15.7. The van der Waals surface area contributed by atoms with Crippen molar-refractivity contribution in [3.8, 4) is 11.4 Å². The Kier molecular flexibility index (Phi) is 6.13. The smallest absolute Gasteiger partial charge is 0.234 e. The summed E-state index contributed by atoms with van der Waals surface area (Å²) in [5.74, 6) is -0.0512. The van der Waals surface area contributed by atoms with E-state index in [9.17, 15) is 9.18 Å².